The zero-order chi connectivity index (χ0) is 15.8. The van der Waals surface area contributed by atoms with Gasteiger partial charge in [0.05, 0.1) is 5.66 Å². The van der Waals surface area contributed by atoms with Gasteiger partial charge in [0.1, 0.15) is 0 Å². The maximum absolute atomic E-state index is 5.72. The molecule has 0 aromatic rings. The Morgan fingerprint density at radius 3 is 1.52 bits per heavy atom. The molecule has 21 heavy (non-hydrogen) atoms. The number of hydrogen-bond acceptors (Lipinski definition) is 4. The molecule has 0 spiro atoms. The molecule has 0 atom stereocenters. The highest BCUT2D eigenvalue weighted by Crippen LogP contribution is 2.08. The summed E-state index contributed by atoms with van der Waals surface area (Å²) in [6.45, 7) is 8.48. The van der Waals surface area contributed by atoms with Crippen molar-refractivity contribution in [1.29, 1.82) is 0 Å². The standard InChI is InChI=1S/C17H40N4/c1-3-13-20-14-10-8-6-4-5-7-9-11-15-21-16-12-17(2,18)19/h20-21H,3-16,18-19H2,1-2H3. The second-order valence-electron chi connectivity index (χ2n) is 6.58. The highest BCUT2D eigenvalue weighted by atomic mass is 15.0. The molecule has 0 heterocycles. The molecule has 0 aromatic heterocycles. The van der Waals surface area contributed by atoms with E-state index in [0.717, 1.165) is 19.5 Å². The molecular weight excluding hydrogens is 260 g/mol. The van der Waals surface area contributed by atoms with Gasteiger partial charge in [-0.1, -0.05) is 45.4 Å². The van der Waals surface area contributed by atoms with E-state index in [1.54, 1.807) is 0 Å². The third kappa shape index (κ3) is 19.8. The summed E-state index contributed by atoms with van der Waals surface area (Å²) in [4.78, 5) is 0. The maximum atomic E-state index is 5.72. The van der Waals surface area contributed by atoms with Crippen LogP contribution in [-0.2, 0) is 0 Å². The highest BCUT2D eigenvalue weighted by molar-refractivity contribution is 4.70. The summed E-state index contributed by atoms with van der Waals surface area (Å²) in [6, 6.07) is 0. The normalized spacial score (nSPS) is 12.0. The average Bonchev–Trinajstić information content (AvgIpc) is 2.42. The van der Waals surface area contributed by atoms with Gasteiger partial charge in [-0.15, -0.1) is 0 Å². The molecule has 128 valence electrons. The smallest absolute Gasteiger partial charge is 0.0619 e. The molecular formula is C17H40N4. The van der Waals surface area contributed by atoms with Gasteiger partial charge >= 0.3 is 0 Å². The van der Waals surface area contributed by atoms with Gasteiger partial charge < -0.3 is 22.1 Å². The molecule has 0 saturated heterocycles. The molecule has 0 amide bonds. The van der Waals surface area contributed by atoms with Crippen molar-refractivity contribution in [3.05, 3.63) is 0 Å². The Kier molecular flexibility index (Phi) is 14.7. The second kappa shape index (κ2) is 14.8. The predicted octanol–water partition coefficient (Wildman–Crippen LogP) is 2.72. The third-order valence-electron chi connectivity index (χ3n) is 3.72. The van der Waals surface area contributed by atoms with E-state index in [9.17, 15) is 0 Å². The van der Waals surface area contributed by atoms with Crippen LogP contribution in [-0.4, -0.2) is 31.8 Å². The fraction of sp³-hybridized carbons (Fsp3) is 1.00. The van der Waals surface area contributed by atoms with Gasteiger partial charge in [-0.3, -0.25) is 0 Å². The first-order chi connectivity index (χ1) is 10.1. The number of hydrogen-bond donors (Lipinski definition) is 4. The van der Waals surface area contributed by atoms with Crippen LogP contribution in [0, 0.1) is 0 Å². The van der Waals surface area contributed by atoms with Crippen LogP contribution >= 0.6 is 0 Å². The molecule has 0 bridgehead atoms. The van der Waals surface area contributed by atoms with E-state index >= 15 is 0 Å². The number of rotatable bonds is 16. The Morgan fingerprint density at radius 2 is 1.10 bits per heavy atom. The van der Waals surface area contributed by atoms with Crippen molar-refractivity contribution < 1.29 is 0 Å². The largest absolute Gasteiger partial charge is 0.317 e. The number of unbranched alkanes of at least 4 members (excludes halogenated alkanes) is 7. The summed E-state index contributed by atoms with van der Waals surface area (Å²) in [5.74, 6) is 0. The zero-order valence-corrected chi connectivity index (χ0v) is 14.6. The van der Waals surface area contributed by atoms with E-state index in [4.69, 9.17) is 11.5 Å². The van der Waals surface area contributed by atoms with Crippen molar-refractivity contribution in [3.63, 3.8) is 0 Å². The monoisotopic (exact) mass is 300 g/mol. The minimum absolute atomic E-state index is 0.529. The van der Waals surface area contributed by atoms with Crippen LogP contribution < -0.4 is 22.1 Å². The third-order valence-corrected chi connectivity index (χ3v) is 3.72. The van der Waals surface area contributed by atoms with Gasteiger partial charge in [0, 0.05) is 0 Å². The van der Waals surface area contributed by atoms with Crippen LogP contribution in [0.2, 0.25) is 0 Å². The molecule has 0 fully saturated rings. The molecule has 0 unspecified atom stereocenters. The van der Waals surface area contributed by atoms with Gasteiger partial charge in [0.25, 0.3) is 0 Å². The lowest BCUT2D eigenvalue weighted by molar-refractivity contribution is 0.430. The Morgan fingerprint density at radius 1 is 0.667 bits per heavy atom. The second-order valence-corrected chi connectivity index (χ2v) is 6.58. The van der Waals surface area contributed by atoms with Gasteiger partial charge in [-0.25, -0.2) is 0 Å². The Hall–Kier alpha value is -0.160. The fourth-order valence-corrected chi connectivity index (χ4v) is 2.35. The summed E-state index contributed by atoms with van der Waals surface area (Å²) in [7, 11) is 0. The lowest BCUT2D eigenvalue weighted by Crippen LogP contribution is -2.48. The lowest BCUT2D eigenvalue weighted by Gasteiger charge is -2.18. The summed E-state index contributed by atoms with van der Waals surface area (Å²) in [5.41, 5.74) is 10.9. The van der Waals surface area contributed by atoms with E-state index < -0.39 is 5.66 Å². The molecule has 6 N–H and O–H groups in total. The summed E-state index contributed by atoms with van der Waals surface area (Å²) >= 11 is 0. The average molecular weight is 301 g/mol. The molecule has 0 aliphatic carbocycles. The van der Waals surface area contributed by atoms with Crippen LogP contribution in [0.25, 0.3) is 0 Å². The molecule has 0 aliphatic rings. The Labute approximate surface area is 132 Å². The van der Waals surface area contributed by atoms with Crippen LogP contribution in [0.15, 0.2) is 0 Å². The first-order valence-corrected chi connectivity index (χ1v) is 9.05. The van der Waals surface area contributed by atoms with Gasteiger partial charge in [-0.05, 0) is 58.8 Å². The molecule has 0 aromatic carbocycles. The van der Waals surface area contributed by atoms with Crippen molar-refractivity contribution >= 4 is 0 Å². The SMILES string of the molecule is CCCNCCCCCCCCCCNCCC(C)(N)N. The fourth-order valence-electron chi connectivity index (χ4n) is 2.35. The zero-order valence-electron chi connectivity index (χ0n) is 14.6. The summed E-state index contributed by atoms with van der Waals surface area (Å²) < 4.78 is 0. The molecule has 4 nitrogen and oxygen atoms in total. The van der Waals surface area contributed by atoms with Crippen LogP contribution in [0.5, 0.6) is 0 Å². The number of nitrogens with two attached hydrogens (primary N) is 2. The Balaban J connectivity index is 3.00. The van der Waals surface area contributed by atoms with E-state index in [2.05, 4.69) is 17.6 Å². The van der Waals surface area contributed by atoms with Crippen molar-refractivity contribution in [2.24, 2.45) is 11.5 Å². The summed E-state index contributed by atoms with van der Waals surface area (Å²) in [6.07, 6.45) is 13.0. The number of nitrogens with one attached hydrogen (secondary N) is 2. The van der Waals surface area contributed by atoms with Crippen molar-refractivity contribution in [3.8, 4) is 0 Å². The van der Waals surface area contributed by atoms with Crippen molar-refractivity contribution in [2.45, 2.75) is 83.7 Å². The minimum Gasteiger partial charge on any atom is -0.317 e. The first-order valence-electron chi connectivity index (χ1n) is 9.05. The van der Waals surface area contributed by atoms with Crippen LogP contribution in [0.4, 0.5) is 0 Å². The predicted molar refractivity (Wildman–Crippen MR) is 94.4 cm³/mol. The van der Waals surface area contributed by atoms with E-state index in [1.807, 2.05) is 6.92 Å². The molecule has 0 radical (unpaired) electrons. The van der Waals surface area contributed by atoms with Crippen molar-refractivity contribution in [2.75, 3.05) is 26.2 Å². The summed E-state index contributed by atoms with van der Waals surface area (Å²) in [5, 5.41) is 6.87. The van der Waals surface area contributed by atoms with E-state index in [0.29, 0.717) is 0 Å². The minimum atomic E-state index is -0.529. The Bertz CT molecular complexity index is 201. The topological polar surface area (TPSA) is 76.1 Å². The van der Waals surface area contributed by atoms with Crippen LogP contribution in [0.1, 0.15) is 78.1 Å². The van der Waals surface area contributed by atoms with Crippen LogP contribution in [0.3, 0.4) is 0 Å². The van der Waals surface area contributed by atoms with Gasteiger partial charge in [0.2, 0.25) is 0 Å². The lowest BCUT2D eigenvalue weighted by atomic mass is 10.1. The van der Waals surface area contributed by atoms with E-state index in [1.165, 1.54) is 70.9 Å². The molecule has 0 aliphatic heterocycles. The molecule has 0 saturated carbocycles. The van der Waals surface area contributed by atoms with Crippen molar-refractivity contribution in [1.82, 2.24) is 10.6 Å². The molecule has 0 rings (SSSR count). The quantitative estimate of drug-likeness (QED) is 0.261. The highest BCUT2D eigenvalue weighted by Gasteiger charge is 2.08. The first kappa shape index (κ1) is 20.8. The van der Waals surface area contributed by atoms with Gasteiger partial charge in [-0.2, -0.15) is 0 Å². The maximum Gasteiger partial charge on any atom is 0.0619 e. The molecule has 4 heteroatoms. The van der Waals surface area contributed by atoms with E-state index in [-0.39, 0.29) is 0 Å². The van der Waals surface area contributed by atoms with Gasteiger partial charge in [0.15, 0.2) is 0 Å².